The van der Waals surface area contributed by atoms with Crippen molar-refractivity contribution in [2.75, 3.05) is 13.2 Å². The van der Waals surface area contributed by atoms with E-state index in [0.29, 0.717) is 5.75 Å². The highest BCUT2D eigenvalue weighted by atomic mass is 79.9. The van der Waals surface area contributed by atoms with Gasteiger partial charge in [0.2, 0.25) is 0 Å². The largest absolute Gasteiger partial charge is 0.490 e. The van der Waals surface area contributed by atoms with E-state index < -0.39 is 16.2 Å². The minimum Gasteiger partial charge on any atom is -0.490 e. The molecule has 1 aromatic heterocycles. The van der Waals surface area contributed by atoms with E-state index in [9.17, 15) is 14.9 Å². The normalized spacial score (nSPS) is 10.1. The summed E-state index contributed by atoms with van der Waals surface area (Å²) in [5, 5.41) is 10.8. The minimum atomic E-state index is -0.862. The van der Waals surface area contributed by atoms with Crippen LogP contribution >= 0.6 is 15.9 Å². The average Bonchev–Trinajstić information content (AvgIpc) is 2.45. The van der Waals surface area contributed by atoms with E-state index in [-0.39, 0.29) is 19.1 Å². The second-order valence-electron chi connectivity index (χ2n) is 3.79. The summed E-state index contributed by atoms with van der Waals surface area (Å²) >= 11 is 3.30. The van der Waals surface area contributed by atoms with E-state index in [2.05, 4.69) is 25.9 Å². The number of nitrogens with zero attached hydrogens (tertiary/aromatic N) is 2. The van der Waals surface area contributed by atoms with Crippen LogP contribution in [0.5, 0.6) is 11.6 Å². The van der Waals surface area contributed by atoms with Gasteiger partial charge >= 0.3 is 17.1 Å². The van der Waals surface area contributed by atoms with Crippen LogP contribution in [0.3, 0.4) is 0 Å². The van der Waals surface area contributed by atoms with E-state index in [1.165, 1.54) is 0 Å². The maximum atomic E-state index is 11.3. The van der Waals surface area contributed by atoms with Crippen molar-refractivity contribution in [3.63, 3.8) is 0 Å². The topological polar surface area (TPSA) is 107 Å². The summed E-state index contributed by atoms with van der Waals surface area (Å²) in [4.78, 5) is 27.0. The first-order valence-corrected chi connectivity index (χ1v) is 6.60. The molecule has 0 atom stereocenters. The summed E-state index contributed by atoms with van der Waals surface area (Å²) in [6.07, 6.45) is 1.04. The molecule has 0 amide bonds. The summed E-state index contributed by atoms with van der Waals surface area (Å²) in [6.45, 7) is 0.181. The third-order valence-electron chi connectivity index (χ3n) is 2.38. The van der Waals surface area contributed by atoms with Crippen LogP contribution in [0.4, 0.5) is 5.69 Å². The maximum Gasteiger partial charge on any atom is 0.395 e. The molecule has 8 nitrogen and oxygen atoms in total. The molecule has 110 valence electrons. The Morgan fingerprint density at radius 3 is 2.57 bits per heavy atom. The molecule has 0 aliphatic heterocycles. The Labute approximate surface area is 127 Å². The lowest BCUT2D eigenvalue weighted by atomic mass is 10.3. The summed E-state index contributed by atoms with van der Waals surface area (Å²) in [6, 6.07) is 7.16. The molecule has 0 aliphatic carbocycles. The van der Waals surface area contributed by atoms with Crippen molar-refractivity contribution in [3.05, 3.63) is 55.5 Å². The first-order valence-electron chi connectivity index (χ1n) is 5.81. The molecule has 0 unspecified atom stereocenters. The molecule has 2 rings (SSSR count). The highest BCUT2D eigenvalue weighted by Crippen LogP contribution is 2.18. The van der Waals surface area contributed by atoms with E-state index in [1.807, 2.05) is 12.1 Å². The molecule has 1 aromatic carbocycles. The standard InChI is InChI=1S/C12H10BrN3O5/c13-8-1-3-9(4-2-8)20-5-6-21-12-10(16(18)19)11(17)14-7-15-12/h1-4,7H,5-6H2,(H,14,15,17). The first-order chi connectivity index (χ1) is 10.1. The zero-order valence-electron chi connectivity index (χ0n) is 10.6. The Hall–Kier alpha value is -2.42. The van der Waals surface area contributed by atoms with Gasteiger partial charge in [0, 0.05) is 4.47 Å². The van der Waals surface area contributed by atoms with E-state index in [0.717, 1.165) is 10.8 Å². The predicted molar refractivity (Wildman–Crippen MR) is 76.6 cm³/mol. The molecular formula is C12H10BrN3O5. The number of aromatic amines is 1. The summed E-state index contributed by atoms with van der Waals surface area (Å²) < 4.78 is 11.4. The van der Waals surface area contributed by atoms with Crippen molar-refractivity contribution < 1.29 is 14.4 Å². The molecule has 0 saturated carbocycles. The van der Waals surface area contributed by atoms with Gasteiger partial charge in [0.25, 0.3) is 0 Å². The first kappa shape index (κ1) is 15.0. The average molecular weight is 356 g/mol. The fourth-order valence-corrected chi connectivity index (χ4v) is 1.74. The van der Waals surface area contributed by atoms with Gasteiger partial charge in [-0.2, -0.15) is 4.98 Å². The van der Waals surface area contributed by atoms with Gasteiger partial charge in [-0.1, -0.05) is 15.9 Å². The Kier molecular flexibility index (Phi) is 4.88. The molecule has 9 heteroatoms. The van der Waals surface area contributed by atoms with Gasteiger partial charge in [0.15, 0.2) is 0 Å². The molecular weight excluding hydrogens is 346 g/mol. The van der Waals surface area contributed by atoms with Gasteiger partial charge in [-0.25, -0.2) is 0 Å². The number of hydrogen-bond donors (Lipinski definition) is 1. The lowest BCUT2D eigenvalue weighted by Crippen LogP contribution is -2.16. The lowest BCUT2D eigenvalue weighted by Gasteiger charge is -2.07. The Morgan fingerprint density at radius 1 is 1.24 bits per heavy atom. The van der Waals surface area contributed by atoms with Crippen molar-refractivity contribution in [3.8, 4) is 11.6 Å². The van der Waals surface area contributed by atoms with E-state index >= 15 is 0 Å². The van der Waals surface area contributed by atoms with Gasteiger partial charge in [0.05, 0.1) is 11.3 Å². The van der Waals surface area contributed by atoms with Crippen molar-refractivity contribution in [1.29, 1.82) is 0 Å². The molecule has 0 aliphatic rings. The zero-order valence-corrected chi connectivity index (χ0v) is 12.2. The van der Waals surface area contributed by atoms with Crippen LogP contribution in [0.2, 0.25) is 0 Å². The van der Waals surface area contributed by atoms with E-state index in [1.54, 1.807) is 12.1 Å². The fraction of sp³-hybridized carbons (Fsp3) is 0.167. The van der Waals surface area contributed by atoms with Gasteiger partial charge in [-0.3, -0.25) is 14.9 Å². The highest BCUT2D eigenvalue weighted by Gasteiger charge is 2.21. The molecule has 0 spiro atoms. The second-order valence-corrected chi connectivity index (χ2v) is 4.71. The van der Waals surface area contributed by atoms with Crippen LogP contribution < -0.4 is 15.0 Å². The zero-order chi connectivity index (χ0) is 15.2. The number of benzene rings is 1. The quantitative estimate of drug-likeness (QED) is 0.481. The van der Waals surface area contributed by atoms with Crippen molar-refractivity contribution in [2.45, 2.75) is 0 Å². The molecule has 21 heavy (non-hydrogen) atoms. The number of halogens is 1. The summed E-state index contributed by atoms with van der Waals surface area (Å²) in [7, 11) is 0. The molecule has 0 fully saturated rings. The summed E-state index contributed by atoms with van der Waals surface area (Å²) in [5.41, 5.74) is -1.58. The van der Waals surface area contributed by atoms with Crippen LogP contribution in [0, 0.1) is 10.1 Å². The van der Waals surface area contributed by atoms with Crippen molar-refractivity contribution >= 4 is 21.6 Å². The lowest BCUT2D eigenvalue weighted by molar-refractivity contribution is -0.387. The van der Waals surface area contributed by atoms with Gasteiger partial charge in [0.1, 0.15) is 19.0 Å². The SMILES string of the molecule is O=c1[nH]cnc(OCCOc2ccc(Br)cc2)c1[N+](=O)[O-]. The molecule has 1 N–H and O–H groups in total. The van der Waals surface area contributed by atoms with Gasteiger partial charge in [-0.05, 0) is 24.3 Å². The maximum absolute atomic E-state index is 11.3. The Morgan fingerprint density at radius 2 is 1.90 bits per heavy atom. The van der Waals surface area contributed by atoms with Crippen LogP contribution in [0.1, 0.15) is 0 Å². The van der Waals surface area contributed by atoms with Crippen molar-refractivity contribution in [2.24, 2.45) is 0 Å². The number of nitro groups is 1. The van der Waals surface area contributed by atoms with Crippen LogP contribution in [-0.2, 0) is 0 Å². The third kappa shape index (κ3) is 4.02. The smallest absolute Gasteiger partial charge is 0.395 e. The number of aromatic nitrogens is 2. The molecule has 2 aromatic rings. The Balaban J connectivity index is 1.92. The van der Waals surface area contributed by atoms with Crippen LogP contribution in [-0.4, -0.2) is 28.1 Å². The third-order valence-corrected chi connectivity index (χ3v) is 2.91. The number of H-pyrrole nitrogens is 1. The molecule has 0 radical (unpaired) electrons. The highest BCUT2D eigenvalue weighted by molar-refractivity contribution is 9.10. The fourth-order valence-electron chi connectivity index (χ4n) is 1.47. The predicted octanol–water partition coefficient (Wildman–Crippen LogP) is 1.90. The van der Waals surface area contributed by atoms with Crippen LogP contribution in [0.25, 0.3) is 0 Å². The minimum absolute atomic E-state index is 0.0212. The second kappa shape index (κ2) is 6.84. The van der Waals surface area contributed by atoms with E-state index in [4.69, 9.17) is 9.47 Å². The molecule has 1 heterocycles. The summed E-state index contributed by atoms with van der Waals surface area (Å²) in [5.74, 6) is 0.304. The molecule has 0 bridgehead atoms. The van der Waals surface area contributed by atoms with Crippen LogP contribution in [0.15, 0.2) is 39.9 Å². The number of hydrogen-bond acceptors (Lipinski definition) is 6. The van der Waals surface area contributed by atoms with Crippen molar-refractivity contribution in [1.82, 2.24) is 9.97 Å². The Bertz CT molecular complexity index is 686. The number of nitrogens with one attached hydrogen (secondary N) is 1. The molecule has 0 saturated heterocycles. The number of ether oxygens (including phenoxy) is 2. The van der Waals surface area contributed by atoms with Gasteiger partial charge in [-0.15, -0.1) is 0 Å². The van der Waals surface area contributed by atoms with Gasteiger partial charge < -0.3 is 14.5 Å². The number of rotatable bonds is 6. The monoisotopic (exact) mass is 355 g/mol.